The van der Waals surface area contributed by atoms with Gasteiger partial charge in [-0.3, -0.25) is 67.3 Å². The van der Waals surface area contributed by atoms with Crippen LogP contribution in [-0.2, 0) is 80.0 Å². The number of carbonyl (C=O) groups is 14. The lowest BCUT2D eigenvalue weighted by molar-refractivity contribution is -0.142. The van der Waals surface area contributed by atoms with Crippen LogP contribution in [0.3, 0.4) is 0 Å². The number of hydrogen-bond donors (Lipinski definition) is 18. The van der Waals surface area contributed by atoms with Crippen molar-refractivity contribution in [2.75, 3.05) is 19.6 Å². The Labute approximate surface area is 478 Å². The van der Waals surface area contributed by atoms with Crippen LogP contribution < -0.4 is 76.5 Å². The minimum Gasteiger partial charge on any atom is -0.481 e. The molecule has 0 radical (unpaired) electrons. The summed E-state index contributed by atoms with van der Waals surface area (Å²) in [7, 11) is 0. The van der Waals surface area contributed by atoms with Crippen molar-refractivity contribution < 1.29 is 82.4 Å². The molecule has 84 heavy (non-hydrogen) atoms. The van der Waals surface area contributed by atoms with E-state index in [9.17, 15) is 82.4 Å². The molecule has 33 heteroatoms. The largest absolute Gasteiger partial charge is 0.481 e. The van der Waals surface area contributed by atoms with Crippen LogP contribution in [-0.4, -0.2) is 177 Å². The lowest BCUT2D eigenvalue weighted by Gasteiger charge is -2.26. The van der Waals surface area contributed by atoms with E-state index in [1.807, 2.05) is 0 Å². The number of aliphatic imine (C=N–C) groups is 1. The van der Waals surface area contributed by atoms with E-state index in [-0.39, 0.29) is 38.2 Å². The third-order valence-corrected chi connectivity index (χ3v) is 12.1. The van der Waals surface area contributed by atoms with Gasteiger partial charge in [0.05, 0.1) is 32.0 Å². The van der Waals surface area contributed by atoms with Gasteiger partial charge in [0.25, 0.3) is 0 Å². The molecule has 8 atom stereocenters. The van der Waals surface area contributed by atoms with E-state index in [2.05, 4.69) is 57.8 Å². The van der Waals surface area contributed by atoms with Crippen LogP contribution in [0.1, 0.15) is 69.4 Å². The molecule has 0 fully saturated rings. The lowest BCUT2D eigenvalue weighted by atomic mass is 10.0. The predicted octanol–water partition coefficient (Wildman–Crippen LogP) is -6.46. The molecule has 0 aliphatic carbocycles. The third kappa shape index (κ3) is 24.7. The number of aromatic nitrogens is 1. The van der Waals surface area contributed by atoms with Crippen molar-refractivity contribution in [2.24, 2.45) is 33.7 Å². The normalized spacial score (nSPS) is 13.6. The minimum atomic E-state index is -1.90. The van der Waals surface area contributed by atoms with Gasteiger partial charge in [-0.25, -0.2) is 4.79 Å². The van der Waals surface area contributed by atoms with E-state index in [0.717, 1.165) is 0 Å². The van der Waals surface area contributed by atoms with Crippen LogP contribution in [0, 0.1) is 0 Å². The fourth-order valence-corrected chi connectivity index (χ4v) is 7.90. The van der Waals surface area contributed by atoms with E-state index in [4.69, 9.17) is 28.7 Å². The second kappa shape index (κ2) is 34.2. The number of nitrogens with two attached hydrogens (primary N) is 5. The Balaban J connectivity index is 1.79. The van der Waals surface area contributed by atoms with Gasteiger partial charge in [0.15, 0.2) is 5.96 Å². The van der Waals surface area contributed by atoms with E-state index in [0.29, 0.717) is 22.0 Å². The molecule has 0 unspecified atom stereocenters. The molecule has 0 saturated heterocycles. The van der Waals surface area contributed by atoms with Crippen LogP contribution in [0.2, 0.25) is 0 Å². The van der Waals surface area contributed by atoms with Crippen LogP contribution >= 0.6 is 0 Å². The fraction of sp³-hybridized carbons (Fsp3) is 0.431. The molecular formula is C51H70N16O17. The molecule has 1 aromatic heterocycles. The second-order valence-corrected chi connectivity index (χ2v) is 19.0. The van der Waals surface area contributed by atoms with Gasteiger partial charge in [-0.1, -0.05) is 48.5 Å². The van der Waals surface area contributed by atoms with Gasteiger partial charge < -0.3 is 96.8 Å². The first-order valence-corrected chi connectivity index (χ1v) is 25.9. The SMILES string of the molecule is C[C@H](N)C(=O)N[C@@H](CC(=O)O)C(=O)N[C@@H](CC(N)=O)C(=O)N[C@@H](Cc1ccccc1)C(=O)N[C@@H](CCC(=O)O)C(=O)NCC(=O)N[C@@H](CCC(N)=O)C(=O)NCC(=O)N[C@@H](Cc1c[nH]c2ccccc12)C(=O)N[C@@H](CCCN=C(N)N)C(=O)O. The lowest BCUT2D eigenvalue weighted by Crippen LogP contribution is -2.60. The Morgan fingerprint density at radius 2 is 1.00 bits per heavy atom. The summed E-state index contributed by atoms with van der Waals surface area (Å²) in [6, 6.07) is 2.05. The number of amides is 11. The number of carboxylic acid groups (broad SMARTS) is 3. The number of carbonyl (C=O) groups excluding carboxylic acids is 11. The molecular weight excluding hydrogens is 1110 g/mol. The zero-order chi connectivity index (χ0) is 62.6. The highest BCUT2D eigenvalue weighted by Crippen LogP contribution is 2.19. The van der Waals surface area contributed by atoms with E-state index >= 15 is 0 Å². The maximum atomic E-state index is 14.1. The molecule has 0 aliphatic rings. The third-order valence-electron chi connectivity index (χ3n) is 12.1. The Hall–Kier alpha value is -10.2. The van der Waals surface area contributed by atoms with Crippen molar-refractivity contribution >= 4 is 99.7 Å². The Morgan fingerprint density at radius 3 is 1.55 bits per heavy atom. The molecule has 456 valence electrons. The summed E-state index contributed by atoms with van der Waals surface area (Å²) >= 11 is 0. The maximum Gasteiger partial charge on any atom is 0.326 e. The zero-order valence-electron chi connectivity index (χ0n) is 45.5. The highest BCUT2D eigenvalue weighted by Gasteiger charge is 2.35. The Bertz CT molecular complexity index is 2910. The van der Waals surface area contributed by atoms with Gasteiger partial charge in [-0.2, -0.15) is 0 Å². The minimum absolute atomic E-state index is 0.0587. The first kappa shape index (κ1) is 68.1. The topological polar surface area (TPSA) is 566 Å². The highest BCUT2D eigenvalue weighted by molar-refractivity contribution is 5.99. The quantitative estimate of drug-likeness (QED) is 0.0145. The van der Waals surface area contributed by atoms with Gasteiger partial charge in [-0.15, -0.1) is 0 Å². The predicted molar refractivity (Wildman–Crippen MR) is 294 cm³/mol. The second-order valence-electron chi connectivity index (χ2n) is 19.0. The monoisotopic (exact) mass is 1180 g/mol. The molecule has 3 rings (SSSR count). The Morgan fingerprint density at radius 1 is 0.512 bits per heavy atom. The highest BCUT2D eigenvalue weighted by atomic mass is 16.4. The van der Waals surface area contributed by atoms with Crippen LogP contribution in [0.25, 0.3) is 10.9 Å². The number of hydrogen-bond acceptors (Lipinski definition) is 16. The van der Waals surface area contributed by atoms with Crippen molar-refractivity contribution in [3.05, 3.63) is 71.9 Å². The van der Waals surface area contributed by atoms with Crippen molar-refractivity contribution in [3.8, 4) is 0 Å². The molecule has 1 heterocycles. The number of rotatable bonds is 37. The van der Waals surface area contributed by atoms with Crippen LogP contribution in [0.15, 0.2) is 65.8 Å². The summed E-state index contributed by atoms with van der Waals surface area (Å²) in [6.07, 6.45) is -3.06. The van der Waals surface area contributed by atoms with Crippen molar-refractivity contribution in [1.82, 2.24) is 52.8 Å². The van der Waals surface area contributed by atoms with Crippen LogP contribution in [0.5, 0.6) is 0 Å². The number of para-hydroxylation sites is 1. The van der Waals surface area contributed by atoms with Crippen molar-refractivity contribution in [1.29, 1.82) is 0 Å². The number of benzene rings is 2. The number of carboxylic acids is 3. The van der Waals surface area contributed by atoms with Crippen LogP contribution in [0.4, 0.5) is 0 Å². The maximum absolute atomic E-state index is 14.1. The molecule has 3 aromatic rings. The van der Waals surface area contributed by atoms with Gasteiger partial charge in [0.1, 0.15) is 42.3 Å². The number of nitrogens with one attached hydrogen (secondary N) is 10. The zero-order valence-corrected chi connectivity index (χ0v) is 45.5. The van der Waals surface area contributed by atoms with Crippen molar-refractivity contribution in [3.63, 3.8) is 0 Å². The van der Waals surface area contributed by atoms with Gasteiger partial charge in [0, 0.05) is 49.3 Å². The molecule has 0 spiro atoms. The molecule has 23 N–H and O–H groups in total. The number of fused-ring (bicyclic) bond motifs is 1. The molecule has 0 saturated carbocycles. The summed E-state index contributed by atoms with van der Waals surface area (Å²) in [5.74, 6) is -16.4. The van der Waals surface area contributed by atoms with E-state index in [1.165, 1.54) is 6.92 Å². The number of aromatic amines is 1. The van der Waals surface area contributed by atoms with Gasteiger partial charge in [0.2, 0.25) is 65.0 Å². The summed E-state index contributed by atoms with van der Waals surface area (Å²) in [5, 5.41) is 50.0. The molecule has 0 bridgehead atoms. The molecule has 0 aliphatic heterocycles. The standard InChI is InChI=1S/C51H70N16O17/c1-25(52)43(76)65-36(21-42(74)75)49(82)67-35(20-38(54)69)48(81)66-33(18-26-8-3-2-4-9-26)46(79)63-31(14-16-41(72)73)45(78)60-23-39(70)61-30(13-15-37(53)68)44(77)59-24-40(71)62-34(19-27-22-58-29-11-6-5-10-28(27)29)47(80)64-32(50(83)84)12-7-17-57-51(55)56/h2-6,8-11,22,25,30-36,58H,7,12-21,23-24,52H2,1H3,(H2,53,68)(H2,54,69)(H,59,77)(H,60,78)(H,61,70)(H,62,71)(H,63,79)(H,64,80)(H,65,76)(H,66,81)(H,67,82)(H,72,73)(H,74,75)(H,83,84)(H4,55,56,57)/t25-,30-,31-,32-,33-,34-,35-,36-/m0/s1. The summed E-state index contributed by atoms with van der Waals surface area (Å²) in [5.41, 5.74) is 28.5. The molecule has 33 nitrogen and oxygen atoms in total. The number of nitrogens with zero attached hydrogens (tertiary/aromatic N) is 1. The average molecular weight is 1180 g/mol. The molecule has 2 aromatic carbocycles. The van der Waals surface area contributed by atoms with E-state index < -0.39 is 183 Å². The Kier molecular flexibility index (Phi) is 27.7. The number of H-pyrrole nitrogens is 1. The van der Waals surface area contributed by atoms with Crippen molar-refractivity contribution in [2.45, 2.75) is 119 Å². The van der Waals surface area contributed by atoms with Gasteiger partial charge >= 0.3 is 17.9 Å². The number of aliphatic carboxylic acids is 3. The summed E-state index contributed by atoms with van der Waals surface area (Å²) in [6.45, 7) is -0.494. The smallest absolute Gasteiger partial charge is 0.326 e. The average Bonchev–Trinajstić information content (AvgIpc) is 3.79. The first-order valence-electron chi connectivity index (χ1n) is 25.9. The summed E-state index contributed by atoms with van der Waals surface area (Å²) < 4.78 is 0. The molecule has 11 amide bonds. The number of primary amides is 2. The number of guanidine groups is 1. The fourth-order valence-electron chi connectivity index (χ4n) is 7.90. The van der Waals surface area contributed by atoms with Gasteiger partial charge in [-0.05, 0) is 49.8 Å². The first-order chi connectivity index (χ1) is 39.6. The summed E-state index contributed by atoms with van der Waals surface area (Å²) in [4.78, 5) is 187. The van der Waals surface area contributed by atoms with E-state index in [1.54, 1.807) is 60.8 Å².